The fourth-order valence-electron chi connectivity index (χ4n) is 4.66. The summed E-state index contributed by atoms with van der Waals surface area (Å²) in [5.41, 5.74) is 2.07. The van der Waals surface area contributed by atoms with Crippen LogP contribution in [-0.4, -0.2) is 34.8 Å². The number of rotatable bonds is 5. The van der Waals surface area contributed by atoms with Crippen LogP contribution in [0.3, 0.4) is 0 Å². The Morgan fingerprint density at radius 1 is 1.17 bits per heavy atom. The molecule has 0 unspecified atom stereocenters. The zero-order valence-corrected chi connectivity index (χ0v) is 18.2. The lowest BCUT2D eigenvalue weighted by molar-refractivity contribution is -0.136. The van der Waals surface area contributed by atoms with Crippen molar-refractivity contribution in [2.24, 2.45) is 5.92 Å². The number of benzene rings is 1. The zero-order valence-electron chi connectivity index (χ0n) is 18.2. The molecule has 4 amide bonds. The van der Waals surface area contributed by atoms with E-state index in [2.05, 4.69) is 38.3 Å². The summed E-state index contributed by atoms with van der Waals surface area (Å²) in [6, 6.07) is 5.57. The van der Waals surface area contributed by atoms with Crippen molar-refractivity contribution in [3.05, 3.63) is 29.3 Å². The van der Waals surface area contributed by atoms with E-state index >= 15 is 0 Å². The van der Waals surface area contributed by atoms with Crippen molar-refractivity contribution < 1.29 is 14.4 Å². The van der Waals surface area contributed by atoms with E-state index in [1.165, 1.54) is 0 Å². The van der Waals surface area contributed by atoms with Crippen molar-refractivity contribution in [2.75, 3.05) is 11.9 Å². The van der Waals surface area contributed by atoms with Gasteiger partial charge in [-0.05, 0) is 41.7 Å². The van der Waals surface area contributed by atoms with Crippen molar-refractivity contribution >= 4 is 23.5 Å². The maximum atomic E-state index is 13.1. The molecule has 1 aromatic rings. The highest BCUT2D eigenvalue weighted by atomic mass is 16.2. The van der Waals surface area contributed by atoms with Gasteiger partial charge in [-0.15, -0.1) is 0 Å². The second kappa shape index (κ2) is 8.17. The van der Waals surface area contributed by atoms with Crippen LogP contribution in [0.5, 0.6) is 0 Å². The van der Waals surface area contributed by atoms with Gasteiger partial charge in [0.25, 0.3) is 5.91 Å². The lowest BCUT2D eigenvalue weighted by Gasteiger charge is -2.36. The van der Waals surface area contributed by atoms with E-state index in [1.807, 2.05) is 25.1 Å². The first kappa shape index (κ1) is 21.3. The molecule has 1 aromatic carbocycles. The predicted octanol–water partition coefficient (Wildman–Crippen LogP) is 4.37. The average molecular weight is 400 g/mol. The van der Waals surface area contributed by atoms with Crippen molar-refractivity contribution in [3.63, 3.8) is 0 Å². The number of imide groups is 1. The van der Waals surface area contributed by atoms with E-state index in [0.29, 0.717) is 6.42 Å². The second-order valence-electron chi connectivity index (χ2n) is 9.11. The maximum absolute atomic E-state index is 13.1. The number of para-hydroxylation sites is 1. The van der Waals surface area contributed by atoms with Gasteiger partial charge in [-0.25, -0.2) is 4.79 Å². The minimum atomic E-state index is -0.839. The SMILES string of the molecule is CC(C)c1cccc(C(C)C)c1NC(=O)CN1C(=O)N[C@]2(CCCC[C@H]2C)C1=O. The largest absolute Gasteiger partial charge is 0.325 e. The first-order valence-electron chi connectivity index (χ1n) is 10.7. The molecule has 6 heteroatoms. The molecule has 0 bridgehead atoms. The first-order chi connectivity index (χ1) is 13.7. The Bertz CT molecular complexity index is 791. The molecule has 1 saturated heterocycles. The Morgan fingerprint density at radius 2 is 1.79 bits per heavy atom. The van der Waals surface area contributed by atoms with Gasteiger partial charge in [-0.2, -0.15) is 0 Å². The van der Waals surface area contributed by atoms with Crippen LogP contribution in [0.1, 0.15) is 83.3 Å². The average Bonchev–Trinajstić information content (AvgIpc) is 2.89. The third kappa shape index (κ3) is 3.89. The topological polar surface area (TPSA) is 78.5 Å². The third-order valence-electron chi connectivity index (χ3n) is 6.44. The summed E-state index contributed by atoms with van der Waals surface area (Å²) in [5.74, 6) is -0.0378. The number of nitrogens with zero attached hydrogens (tertiary/aromatic N) is 1. The lowest BCUT2D eigenvalue weighted by atomic mass is 9.73. The van der Waals surface area contributed by atoms with E-state index < -0.39 is 11.6 Å². The molecule has 1 saturated carbocycles. The highest BCUT2D eigenvalue weighted by molar-refractivity contribution is 6.10. The summed E-state index contributed by atoms with van der Waals surface area (Å²) in [6.45, 7) is 10.1. The lowest BCUT2D eigenvalue weighted by Crippen LogP contribution is -2.54. The summed E-state index contributed by atoms with van der Waals surface area (Å²) in [4.78, 5) is 39.6. The highest BCUT2D eigenvalue weighted by Gasteiger charge is 2.55. The van der Waals surface area contributed by atoms with Gasteiger partial charge in [-0.1, -0.05) is 65.7 Å². The van der Waals surface area contributed by atoms with Crippen LogP contribution in [0.2, 0.25) is 0 Å². The van der Waals surface area contributed by atoms with Gasteiger partial charge >= 0.3 is 6.03 Å². The molecule has 1 spiro atoms. The molecule has 0 radical (unpaired) electrons. The van der Waals surface area contributed by atoms with Crippen molar-refractivity contribution in [3.8, 4) is 0 Å². The van der Waals surface area contributed by atoms with Gasteiger partial charge in [0.1, 0.15) is 12.1 Å². The molecule has 29 heavy (non-hydrogen) atoms. The fraction of sp³-hybridized carbons (Fsp3) is 0.609. The molecule has 2 atom stereocenters. The molecule has 158 valence electrons. The van der Waals surface area contributed by atoms with Crippen LogP contribution < -0.4 is 10.6 Å². The smallest absolute Gasteiger partial charge is 0.324 e. The Kier molecular flexibility index (Phi) is 6.01. The maximum Gasteiger partial charge on any atom is 0.325 e. The minimum absolute atomic E-state index is 0.0787. The molecule has 2 N–H and O–H groups in total. The number of urea groups is 1. The van der Waals surface area contributed by atoms with Gasteiger partial charge < -0.3 is 10.6 Å². The quantitative estimate of drug-likeness (QED) is 0.722. The summed E-state index contributed by atoms with van der Waals surface area (Å²) < 4.78 is 0. The molecule has 0 aromatic heterocycles. The molecule has 3 rings (SSSR count). The number of nitrogens with one attached hydrogen (secondary N) is 2. The molecule has 1 aliphatic carbocycles. The monoisotopic (exact) mass is 399 g/mol. The highest BCUT2D eigenvalue weighted by Crippen LogP contribution is 2.38. The van der Waals surface area contributed by atoms with Gasteiger partial charge in [0.05, 0.1) is 0 Å². The van der Waals surface area contributed by atoms with Crippen LogP contribution >= 0.6 is 0 Å². The third-order valence-corrected chi connectivity index (χ3v) is 6.44. The van der Waals surface area contributed by atoms with E-state index in [0.717, 1.165) is 41.0 Å². The summed E-state index contributed by atoms with van der Waals surface area (Å²) in [6.07, 6.45) is 3.53. The summed E-state index contributed by atoms with van der Waals surface area (Å²) >= 11 is 0. The number of hydrogen-bond acceptors (Lipinski definition) is 3. The summed E-state index contributed by atoms with van der Waals surface area (Å²) in [5, 5.41) is 5.90. The van der Waals surface area contributed by atoms with Gasteiger partial charge in [0.2, 0.25) is 5.91 Å². The zero-order chi connectivity index (χ0) is 21.3. The van der Waals surface area contributed by atoms with Gasteiger partial charge in [0, 0.05) is 5.69 Å². The van der Waals surface area contributed by atoms with Crippen LogP contribution in [0.4, 0.5) is 10.5 Å². The molecule has 2 aliphatic rings. The fourth-order valence-corrected chi connectivity index (χ4v) is 4.66. The Morgan fingerprint density at radius 3 is 2.34 bits per heavy atom. The first-order valence-corrected chi connectivity index (χ1v) is 10.7. The summed E-state index contributed by atoms with van der Waals surface area (Å²) in [7, 11) is 0. The number of carbonyl (C=O) groups is 3. The van der Waals surface area contributed by atoms with Crippen LogP contribution in [0.25, 0.3) is 0 Å². The van der Waals surface area contributed by atoms with E-state index in [9.17, 15) is 14.4 Å². The number of carbonyl (C=O) groups excluding carboxylic acids is 3. The van der Waals surface area contributed by atoms with E-state index in [4.69, 9.17) is 0 Å². The number of hydrogen-bond donors (Lipinski definition) is 2. The van der Waals surface area contributed by atoms with Crippen LogP contribution in [-0.2, 0) is 9.59 Å². The van der Waals surface area contributed by atoms with Gasteiger partial charge in [0.15, 0.2) is 0 Å². The minimum Gasteiger partial charge on any atom is -0.324 e. The Balaban J connectivity index is 1.80. The van der Waals surface area contributed by atoms with Crippen LogP contribution in [0, 0.1) is 5.92 Å². The molecular weight excluding hydrogens is 366 g/mol. The van der Waals surface area contributed by atoms with Crippen molar-refractivity contribution in [2.45, 2.75) is 77.7 Å². The van der Waals surface area contributed by atoms with Gasteiger partial charge in [-0.3, -0.25) is 14.5 Å². The van der Waals surface area contributed by atoms with E-state index in [1.54, 1.807) is 0 Å². The Labute approximate surface area is 173 Å². The number of anilines is 1. The van der Waals surface area contributed by atoms with E-state index in [-0.39, 0.29) is 36.1 Å². The molecule has 1 aliphatic heterocycles. The number of amides is 4. The van der Waals surface area contributed by atoms with Crippen molar-refractivity contribution in [1.82, 2.24) is 10.2 Å². The molecular formula is C23H33N3O3. The predicted molar refractivity (Wildman–Crippen MR) is 114 cm³/mol. The van der Waals surface area contributed by atoms with Crippen molar-refractivity contribution in [1.29, 1.82) is 0 Å². The molecule has 1 heterocycles. The Hall–Kier alpha value is -2.37. The molecule has 2 fully saturated rings. The standard InChI is InChI=1S/C23H33N3O3/c1-14(2)17-10-8-11-18(15(3)4)20(17)24-19(27)13-26-21(28)23(25-22(26)29)12-7-6-9-16(23)5/h8,10-11,14-16H,6-7,9,12-13H2,1-5H3,(H,24,27)(H,25,29)/t16-,23+/m1/s1. The van der Waals surface area contributed by atoms with Crippen LogP contribution in [0.15, 0.2) is 18.2 Å². The second-order valence-corrected chi connectivity index (χ2v) is 9.11. The molecule has 6 nitrogen and oxygen atoms in total. The normalized spacial score (nSPS) is 24.5.